The van der Waals surface area contributed by atoms with Crippen LogP contribution in [0.4, 0.5) is 20.3 Å². The molecule has 0 fully saturated rings. The molecule has 0 atom stereocenters. The monoisotopic (exact) mass is 311 g/mol. The van der Waals surface area contributed by atoms with Crippen molar-refractivity contribution in [1.29, 1.82) is 0 Å². The molecule has 0 saturated heterocycles. The van der Waals surface area contributed by atoms with Crippen LogP contribution in [0.2, 0.25) is 5.02 Å². The molecule has 0 unspecified atom stereocenters. The normalized spacial score (nSPS) is 10.3. The quantitative estimate of drug-likeness (QED) is 0.905. The van der Waals surface area contributed by atoms with Gasteiger partial charge < -0.3 is 10.6 Å². The highest BCUT2D eigenvalue weighted by molar-refractivity contribution is 6.33. The van der Waals surface area contributed by atoms with Gasteiger partial charge in [0.05, 0.1) is 16.3 Å². The molecule has 1 amide bonds. The topological polar surface area (TPSA) is 54.0 Å². The third-order valence-corrected chi connectivity index (χ3v) is 2.94. The summed E-state index contributed by atoms with van der Waals surface area (Å²) in [6, 6.07) is 4.93. The highest BCUT2D eigenvalue weighted by Crippen LogP contribution is 2.21. The lowest BCUT2D eigenvalue weighted by atomic mass is 10.2. The van der Waals surface area contributed by atoms with Crippen LogP contribution in [0, 0.1) is 11.6 Å². The minimum atomic E-state index is -1.12. The maximum absolute atomic E-state index is 13.5. The summed E-state index contributed by atoms with van der Waals surface area (Å²) in [7, 11) is 0. The van der Waals surface area contributed by atoms with Crippen LogP contribution >= 0.6 is 11.6 Å². The number of pyridine rings is 1. The van der Waals surface area contributed by atoms with E-state index in [0.717, 1.165) is 6.07 Å². The van der Waals surface area contributed by atoms with Gasteiger partial charge in [0.25, 0.3) is 5.91 Å². The summed E-state index contributed by atoms with van der Waals surface area (Å²) in [5, 5.41) is 5.46. The molecule has 4 nitrogen and oxygen atoms in total. The molecule has 2 rings (SSSR count). The van der Waals surface area contributed by atoms with Crippen LogP contribution in [-0.2, 0) is 0 Å². The molecule has 0 saturated carbocycles. The molecule has 0 aliphatic rings. The third-order valence-electron chi connectivity index (χ3n) is 2.65. The van der Waals surface area contributed by atoms with E-state index in [1.807, 2.05) is 6.92 Å². The minimum Gasteiger partial charge on any atom is -0.369 e. The maximum atomic E-state index is 13.5. The van der Waals surface area contributed by atoms with Crippen molar-refractivity contribution in [2.75, 3.05) is 17.2 Å². The second-order valence-electron chi connectivity index (χ2n) is 4.14. The number of nitrogens with one attached hydrogen (secondary N) is 2. The molecule has 0 radical (unpaired) electrons. The van der Waals surface area contributed by atoms with Gasteiger partial charge in [0, 0.05) is 12.7 Å². The summed E-state index contributed by atoms with van der Waals surface area (Å²) < 4.78 is 26.5. The Labute approximate surface area is 125 Å². The predicted molar refractivity (Wildman–Crippen MR) is 77.7 cm³/mol. The molecule has 21 heavy (non-hydrogen) atoms. The first-order valence-electron chi connectivity index (χ1n) is 6.17. The molecular weight excluding hydrogens is 300 g/mol. The van der Waals surface area contributed by atoms with Crippen LogP contribution in [0.25, 0.3) is 0 Å². The van der Waals surface area contributed by atoms with E-state index < -0.39 is 17.5 Å². The van der Waals surface area contributed by atoms with Crippen LogP contribution in [0.3, 0.4) is 0 Å². The van der Waals surface area contributed by atoms with E-state index in [1.165, 1.54) is 24.4 Å². The maximum Gasteiger partial charge on any atom is 0.257 e. The van der Waals surface area contributed by atoms with Gasteiger partial charge >= 0.3 is 0 Å². The number of hydrogen-bond donors (Lipinski definition) is 2. The van der Waals surface area contributed by atoms with E-state index in [2.05, 4.69) is 15.6 Å². The Kier molecular flexibility index (Phi) is 4.70. The van der Waals surface area contributed by atoms with E-state index in [9.17, 15) is 13.6 Å². The lowest BCUT2D eigenvalue weighted by Crippen LogP contribution is -2.14. The molecule has 0 aliphatic carbocycles. The van der Waals surface area contributed by atoms with Gasteiger partial charge in [-0.15, -0.1) is 0 Å². The molecule has 1 aromatic carbocycles. The van der Waals surface area contributed by atoms with Crippen molar-refractivity contribution in [3.8, 4) is 0 Å². The van der Waals surface area contributed by atoms with Crippen LogP contribution in [-0.4, -0.2) is 17.4 Å². The predicted octanol–water partition coefficient (Wildman–Crippen LogP) is 3.70. The molecule has 2 N–H and O–H groups in total. The number of aromatic nitrogens is 1. The zero-order chi connectivity index (χ0) is 15.4. The second-order valence-corrected chi connectivity index (χ2v) is 4.55. The number of amides is 1. The van der Waals surface area contributed by atoms with E-state index >= 15 is 0 Å². The summed E-state index contributed by atoms with van der Waals surface area (Å²) in [4.78, 5) is 16.0. The molecule has 2 aromatic rings. The lowest BCUT2D eigenvalue weighted by Gasteiger charge is -2.09. The lowest BCUT2D eigenvalue weighted by molar-refractivity contribution is 0.102. The Bertz CT molecular complexity index is 679. The first-order chi connectivity index (χ1) is 10.0. The van der Waals surface area contributed by atoms with Crippen molar-refractivity contribution in [3.05, 3.63) is 52.7 Å². The number of carbonyl (C=O) groups is 1. The highest BCUT2D eigenvalue weighted by Gasteiger charge is 2.14. The Morgan fingerprint density at radius 1 is 1.38 bits per heavy atom. The summed E-state index contributed by atoms with van der Waals surface area (Å²) in [6.45, 7) is 2.51. The number of hydrogen-bond acceptors (Lipinski definition) is 3. The number of carbonyl (C=O) groups excluding carboxylic acids is 1. The van der Waals surface area contributed by atoms with Crippen molar-refractivity contribution < 1.29 is 13.6 Å². The van der Waals surface area contributed by atoms with Crippen molar-refractivity contribution >= 4 is 29.0 Å². The number of halogens is 3. The SMILES string of the molecule is CCNc1ncc(C(=O)Nc2cccc(F)c2F)cc1Cl. The molecule has 1 aromatic heterocycles. The molecular formula is C14H12ClF2N3O. The number of rotatable bonds is 4. The van der Waals surface area contributed by atoms with Crippen LogP contribution in [0.5, 0.6) is 0 Å². The van der Waals surface area contributed by atoms with Gasteiger partial charge in [0.2, 0.25) is 0 Å². The van der Waals surface area contributed by atoms with Crippen molar-refractivity contribution in [1.82, 2.24) is 4.98 Å². The van der Waals surface area contributed by atoms with E-state index in [4.69, 9.17) is 11.6 Å². The fraction of sp³-hybridized carbons (Fsp3) is 0.143. The molecule has 1 heterocycles. The Balaban J connectivity index is 2.21. The smallest absolute Gasteiger partial charge is 0.257 e. The zero-order valence-electron chi connectivity index (χ0n) is 11.1. The average molecular weight is 312 g/mol. The van der Waals surface area contributed by atoms with Gasteiger partial charge in [-0.2, -0.15) is 0 Å². The van der Waals surface area contributed by atoms with Crippen LogP contribution in [0.1, 0.15) is 17.3 Å². The molecule has 0 bridgehead atoms. The summed E-state index contributed by atoms with van der Waals surface area (Å²) >= 11 is 5.97. The minimum absolute atomic E-state index is 0.144. The standard InChI is InChI=1S/C14H12ClF2N3O/c1-2-18-13-9(15)6-8(7-19-13)14(21)20-11-5-3-4-10(16)12(11)17/h3-7H,2H2,1H3,(H,18,19)(H,20,21). The average Bonchev–Trinajstić information content (AvgIpc) is 2.46. The van der Waals surface area contributed by atoms with E-state index in [-0.39, 0.29) is 16.3 Å². The van der Waals surface area contributed by atoms with E-state index in [0.29, 0.717) is 12.4 Å². The van der Waals surface area contributed by atoms with Gasteiger partial charge in [0.1, 0.15) is 5.82 Å². The van der Waals surface area contributed by atoms with Crippen LogP contribution < -0.4 is 10.6 Å². The van der Waals surface area contributed by atoms with Crippen LogP contribution in [0.15, 0.2) is 30.5 Å². The first-order valence-corrected chi connectivity index (χ1v) is 6.55. The number of benzene rings is 1. The fourth-order valence-corrected chi connectivity index (χ4v) is 1.89. The fourth-order valence-electron chi connectivity index (χ4n) is 1.65. The van der Waals surface area contributed by atoms with Gasteiger partial charge in [0.15, 0.2) is 11.6 Å². The number of anilines is 2. The van der Waals surface area contributed by atoms with Gasteiger partial charge in [-0.05, 0) is 25.1 Å². The molecule has 0 aliphatic heterocycles. The largest absolute Gasteiger partial charge is 0.369 e. The van der Waals surface area contributed by atoms with Crippen molar-refractivity contribution in [3.63, 3.8) is 0 Å². The van der Waals surface area contributed by atoms with Crippen molar-refractivity contribution in [2.45, 2.75) is 6.92 Å². The van der Waals surface area contributed by atoms with Gasteiger partial charge in [-0.1, -0.05) is 17.7 Å². The van der Waals surface area contributed by atoms with Gasteiger partial charge in [-0.25, -0.2) is 13.8 Å². The highest BCUT2D eigenvalue weighted by atomic mass is 35.5. The van der Waals surface area contributed by atoms with Gasteiger partial charge in [-0.3, -0.25) is 4.79 Å². The van der Waals surface area contributed by atoms with Crippen molar-refractivity contribution in [2.24, 2.45) is 0 Å². The first kappa shape index (κ1) is 15.2. The Morgan fingerprint density at radius 2 is 2.14 bits per heavy atom. The second kappa shape index (κ2) is 6.49. The Hall–Kier alpha value is -2.21. The number of nitrogens with zero attached hydrogens (tertiary/aromatic N) is 1. The molecule has 110 valence electrons. The third kappa shape index (κ3) is 3.46. The zero-order valence-corrected chi connectivity index (χ0v) is 11.8. The summed E-state index contributed by atoms with van der Waals surface area (Å²) in [5.74, 6) is -2.33. The Morgan fingerprint density at radius 3 is 2.81 bits per heavy atom. The molecule has 0 spiro atoms. The molecule has 7 heteroatoms. The van der Waals surface area contributed by atoms with E-state index in [1.54, 1.807) is 0 Å². The summed E-state index contributed by atoms with van der Waals surface area (Å²) in [6.07, 6.45) is 1.30. The summed E-state index contributed by atoms with van der Waals surface area (Å²) in [5.41, 5.74) is -0.0998.